The molecule has 5 nitrogen and oxygen atoms in total. The second-order valence-electron chi connectivity index (χ2n) is 6.36. The summed E-state index contributed by atoms with van der Waals surface area (Å²) in [5.41, 5.74) is 1.39. The van der Waals surface area contributed by atoms with Crippen LogP contribution in [0, 0.1) is 0 Å². The number of halogens is 3. The van der Waals surface area contributed by atoms with E-state index in [1.807, 2.05) is 0 Å². The third kappa shape index (κ3) is 4.20. The molecule has 1 aromatic heterocycles. The molecule has 0 N–H and O–H groups in total. The molecule has 2 heterocycles. The van der Waals surface area contributed by atoms with Crippen molar-refractivity contribution in [2.75, 3.05) is 13.7 Å². The number of nitrogens with zero attached hydrogens (tertiary/aromatic N) is 3. The third-order valence-electron chi connectivity index (χ3n) is 4.53. The number of alkyl halides is 3. The van der Waals surface area contributed by atoms with Crippen molar-refractivity contribution in [3.8, 4) is 0 Å². The van der Waals surface area contributed by atoms with Crippen molar-refractivity contribution in [2.45, 2.75) is 51.0 Å². The monoisotopic (exact) mass is 397 g/mol. The predicted molar refractivity (Wildman–Crippen MR) is 97.6 cm³/mol. The number of rotatable bonds is 6. The zero-order valence-electron chi connectivity index (χ0n) is 14.9. The standard InChI is InChI=1S/C17H19BF3N3O2S/c1-26-12-6-4-10(15-14(12)22-16(27-15)17(19,20)21)11-5-7-13(25)24(23-11)9-3-2-8-18/h2-9H2,1H3. The summed E-state index contributed by atoms with van der Waals surface area (Å²) < 4.78 is 45.2. The summed E-state index contributed by atoms with van der Waals surface area (Å²) in [6, 6.07) is 0. The van der Waals surface area contributed by atoms with Gasteiger partial charge in [-0.15, -0.1) is 11.3 Å². The predicted octanol–water partition coefficient (Wildman–Crippen LogP) is 2.21. The lowest BCUT2D eigenvalue weighted by Crippen LogP contribution is -2.37. The van der Waals surface area contributed by atoms with Gasteiger partial charge in [0.2, 0.25) is 5.91 Å². The number of hydrogen-bond acceptors (Lipinski definition) is 5. The highest BCUT2D eigenvalue weighted by Gasteiger charge is 2.36. The van der Waals surface area contributed by atoms with E-state index >= 15 is 0 Å². The van der Waals surface area contributed by atoms with Crippen LogP contribution in [0.1, 0.15) is 43.5 Å². The molecule has 144 valence electrons. The van der Waals surface area contributed by atoms with Crippen LogP contribution in [0.3, 0.4) is 0 Å². The Morgan fingerprint density at radius 3 is 2.67 bits per heavy atom. The molecule has 0 saturated carbocycles. The SMILES string of the molecule is [B]CCCCN1N=C(C2=c3sc(C(F)(F)F)nc3=C(OC)CC2)CCC1=O. The number of fused-ring (bicyclic) bond motifs is 1. The Bertz CT molecular complexity index is 879. The topological polar surface area (TPSA) is 54.8 Å². The van der Waals surface area contributed by atoms with Crippen molar-refractivity contribution in [3.63, 3.8) is 0 Å². The molecule has 10 heteroatoms. The van der Waals surface area contributed by atoms with Gasteiger partial charge in [-0.2, -0.15) is 18.3 Å². The Labute approximate surface area is 160 Å². The first kappa shape index (κ1) is 19.9. The Hall–Kier alpha value is -1.84. The van der Waals surface area contributed by atoms with E-state index in [1.54, 1.807) is 0 Å². The minimum absolute atomic E-state index is 0.0724. The number of amides is 1. The number of hydrogen-bond donors (Lipinski definition) is 0. The van der Waals surface area contributed by atoms with Gasteiger partial charge in [-0.1, -0.05) is 12.7 Å². The van der Waals surface area contributed by atoms with E-state index in [2.05, 4.69) is 10.1 Å². The van der Waals surface area contributed by atoms with Crippen LogP contribution in [-0.2, 0) is 15.7 Å². The summed E-state index contributed by atoms with van der Waals surface area (Å²) in [6.07, 6.45) is -0.764. The lowest BCUT2D eigenvalue weighted by molar-refractivity contribution is -0.137. The second kappa shape index (κ2) is 8.04. The lowest BCUT2D eigenvalue weighted by Gasteiger charge is -2.25. The Kier molecular flexibility index (Phi) is 5.93. The number of thiazole rings is 1. The maximum absolute atomic E-state index is 13.2. The van der Waals surface area contributed by atoms with Crippen molar-refractivity contribution in [3.05, 3.63) is 14.9 Å². The number of unbranched alkanes of at least 4 members (excludes halogenated alkanes) is 1. The van der Waals surface area contributed by atoms with E-state index in [-0.39, 0.29) is 11.3 Å². The number of ether oxygens (including phenoxy) is 1. The molecular weight excluding hydrogens is 378 g/mol. The fourth-order valence-electron chi connectivity index (χ4n) is 3.18. The summed E-state index contributed by atoms with van der Waals surface area (Å²) >= 11 is 0.612. The van der Waals surface area contributed by atoms with Gasteiger partial charge in [0.1, 0.15) is 11.1 Å². The first-order chi connectivity index (χ1) is 12.8. The second-order valence-corrected chi connectivity index (χ2v) is 7.36. The van der Waals surface area contributed by atoms with Gasteiger partial charge in [-0.05, 0) is 18.4 Å². The van der Waals surface area contributed by atoms with Gasteiger partial charge < -0.3 is 4.74 Å². The molecule has 2 aliphatic rings. The summed E-state index contributed by atoms with van der Waals surface area (Å²) in [7, 11) is 6.92. The Morgan fingerprint density at radius 1 is 1.22 bits per heavy atom. The number of hydrazone groups is 1. The Morgan fingerprint density at radius 2 is 2.00 bits per heavy atom. The molecule has 0 atom stereocenters. The van der Waals surface area contributed by atoms with E-state index in [1.165, 1.54) is 12.1 Å². The molecule has 0 fully saturated rings. The maximum Gasteiger partial charge on any atom is 0.443 e. The van der Waals surface area contributed by atoms with Crippen LogP contribution in [-0.4, -0.2) is 43.1 Å². The van der Waals surface area contributed by atoms with E-state index in [9.17, 15) is 18.0 Å². The van der Waals surface area contributed by atoms with E-state index in [0.717, 1.165) is 18.4 Å². The zero-order valence-corrected chi connectivity index (χ0v) is 15.8. The van der Waals surface area contributed by atoms with Crippen molar-refractivity contribution in [2.24, 2.45) is 5.10 Å². The van der Waals surface area contributed by atoms with E-state index in [0.29, 0.717) is 65.9 Å². The fourth-order valence-corrected chi connectivity index (χ4v) is 4.22. The summed E-state index contributed by atoms with van der Waals surface area (Å²) in [6.45, 7) is 0.464. The molecule has 2 radical (unpaired) electrons. The number of aromatic nitrogens is 1. The van der Waals surface area contributed by atoms with Crippen LogP contribution in [0.15, 0.2) is 5.10 Å². The van der Waals surface area contributed by atoms with Gasteiger partial charge in [0.05, 0.1) is 25.2 Å². The molecule has 0 unspecified atom stereocenters. The first-order valence-electron chi connectivity index (χ1n) is 8.77. The highest BCUT2D eigenvalue weighted by atomic mass is 32.1. The maximum atomic E-state index is 13.2. The summed E-state index contributed by atoms with van der Waals surface area (Å²) in [5, 5.41) is 5.22. The van der Waals surface area contributed by atoms with Gasteiger partial charge in [-0.25, -0.2) is 9.99 Å². The lowest BCUT2D eigenvalue weighted by atomic mass is 9.96. The fraction of sp³-hybridized carbons (Fsp3) is 0.588. The van der Waals surface area contributed by atoms with Crippen molar-refractivity contribution in [1.82, 2.24) is 9.99 Å². The highest BCUT2D eigenvalue weighted by molar-refractivity contribution is 7.09. The third-order valence-corrected chi connectivity index (χ3v) is 5.69. The molecular formula is C17H19BF3N3O2S. The minimum Gasteiger partial charge on any atom is -0.499 e. The minimum atomic E-state index is -4.51. The molecule has 0 aromatic carbocycles. The molecule has 1 aliphatic carbocycles. The van der Waals surface area contributed by atoms with Crippen LogP contribution in [0.25, 0.3) is 11.3 Å². The van der Waals surface area contributed by atoms with E-state index in [4.69, 9.17) is 12.6 Å². The van der Waals surface area contributed by atoms with Gasteiger partial charge >= 0.3 is 6.18 Å². The molecule has 0 spiro atoms. The smallest absolute Gasteiger partial charge is 0.443 e. The van der Waals surface area contributed by atoms with E-state index < -0.39 is 11.2 Å². The van der Waals surface area contributed by atoms with Crippen molar-refractivity contribution in [1.29, 1.82) is 0 Å². The van der Waals surface area contributed by atoms with Crippen LogP contribution < -0.4 is 9.88 Å². The van der Waals surface area contributed by atoms with Crippen molar-refractivity contribution >= 4 is 42.1 Å². The van der Waals surface area contributed by atoms with Gasteiger partial charge in [0, 0.05) is 25.8 Å². The van der Waals surface area contributed by atoms with Crippen LogP contribution in [0.2, 0.25) is 6.32 Å². The largest absolute Gasteiger partial charge is 0.499 e. The molecule has 1 amide bonds. The number of carbonyl (C=O) groups excluding carboxylic acids is 1. The summed E-state index contributed by atoms with van der Waals surface area (Å²) in [4.78, 5) is 15.9. The molecule has 1 aliphatic heterocycles. The van der Waals surface area contributed by atoms with Gasteiger partial charge in [-0.3, -0.25) is 4.79 Å². The van der Waals surface area contributed by atoms with Crippen LogP contribution >= 0.6 is 11.3 Å². The normalized spacial score (nSPS) is 17.9. The van der Waals surface area contributed by atoms with Crippen LogP contribution in [0.5, 0.6) is 0 Å². The molecule has 27 heavy (non-hydrogen) atoms. The van der Waals surface area contributed by atoms with Gasteiger partial charge in [0.15, 0.2) is 5.01 Å². The average Bonchev–Trinajstić information content (AvgIpc) is 3.08. The van der Waals surface area contributed by atoms with Crippen LogP contribution in [0.4, 0.5) is 13.2 Å². The van der Waals surface area contributed by atoms with Crippen molar-refractivity contribution < 1.29 is 22.7 Å². The Balaban J connectivity index is 2.06. The molecule has 0 bridgehead atoms. The molecule has 3 rings (SSSR count). The quantitative estimate of drug-likeness (QED) is 0.547. The molecule has 0 saturated heterocycles. The highest BCUT2D eigenvalue weighted by Crippen LogP contribution is 2.30. The molecule has 1 aromatic rings. The average molecular weight is 397 g/mol. The summed E-state index contributed by atoms with van der Waals surface area (Å²) in [5.74, 6) is 0.379. The first-order valence-corrected chi connectivity index (χ1v) is 9.59. The number of methoxy groups -OCH3 is 1. The van der Waals surface area contributed by atoms with Gasteiger partial charge in [0.25, 0.3) is 0 Å². The number of carbonyl (C=O) groups is 1. The zero-order chi connectivity index (χ0) is 19.6.